The van der Waals surface area contributed by atoms with Gasteiger partial charge in [0.15, 0.2) is 0 Å². The minimum atomic E-state index is -0.736. The van der Waals surface area contributed by atoms with E-state index in [0.29, 0.717) is 12.6 Å². The highest BCUT2D eigenvalue weighted by Crippen LogP contribution is 2.02. The van der Waals surface area contributed by atoms with Crippen molar-refractivity contribution in [1.82, 2.24) is 10.3 Å². The number of hydrogen-bond acceptors (Lipinski definition) is 5. The molecule has 0 aromatic heterocycles. The number of ether oxygens (including phenoxy) is 1. The Hall–Kier alpha value is -0.970. The Labute approximate surface area is 59.3 Å². The molecule has 0 saturated heterocycles. The van der Waals surface area contributed by atoms with Gasteiger partial charge in [0.25, 0.3) is 0 Å². The van der Waals surface area contributed by atoms with Crippen molar-refractivity contribution < 1.29 is 9.84 Å². The second-order valence-corrected chi connectivity index (χ2v) is 1.89. The maximum atomic E-state index is 9.11. The third-order valence-electron chi connectivity index (χ3n) is 1.34. The molecule has 1 atom stereocenters. The molecule has 10 heavy (non-hydrogen) atoms. The highest BCUT2D eigenvalue weighted by molar-refractivity contribution is 5.74. The lowest BCUT2D eigenvalue weighted by Gasteiger charge is -2.18. The molecular formula is C5H11N3O2. The molecule has 0 spiro atoms. The predicted octanol–water partition coefficient (Wildman–Crippen LogP) is -0.895. The summed E-state index contributed by atoms with van der Waals surface area (Å²) in [7, 11) is 1.52. The summed E-state index contributed by atoms with van der Waals surface area (Å²) < 4.78 is 4.84. The van der Waals surface area contributed by atoms with Gasteiger partial charge in [0, 0.05) is 6.54 Å². The topological polar surface area (TPSA) is 57.1 Å². The first-order chi connectivity index (χ1) is 4.79. The average molecular weight is 145 g/mol. The zero-order valence-corrected chi connectivity index (χ0v) is 6.03. The van der Waals surface area contributed by atoms with Crippen LogP contribution in [0.5, 0.6) is 0 Å². The van der Waals surface area contributed by atoms with Crippen LogP contribution in [0.1, 0.15) is 6.92 Å². The van der Waals surface area contributed by atoms with Crippen molar-refractivity contribution in [2.75, 3.05) is 13.7 Å². The normalized spacial score (nSPS) is 24.1. The van der Waals surface area contributed by atoms with Crippen molar-refractivity contribution in [3.8, 4) is 0 Å². The number of methoxy groups -OCH3 is 1. The molecule has 0 aromatic carbocycles. The van der Waals surface area contributed by atoms with Crippen LogP contribution in [0.3, 0.4) is 0 Å². The molecule has 1 rings (SSSR count). The van der Waals surface area contributed by atoms with Gasteiger partial charge in [0.05, 0.1) is 7.11 Å². The predicted molar refractivity (Wildman–Crippen MR) is 36.0 cm³/mol. The van der Waals surface area contributed by atoms with Gasteiger partial charge in [-0.25, -0.2) is 0 Å². The monoisotopic (exact) mass is 145 g/mol. The zero-order chi connectivity index (χ0) is 7.56. The third-order valence-corrected chi connectivity index (χ3v) is 1.34. The number of rotatable bonds is 1. The fourth-order valence-electron chi connectivity index (χ4n) is 0.823. The van der Waals surface area contributed by atoms with E-state index in [1.807, 2.05) is 6.92 Å². The Morgan fingerprint density at radius 1 is 1.90 bits per heavy atom. The molecule has 0 fully saturated rings. The van der Waals surface area contributed by atoms with Crippen molar-refractivity contribution in [3.63, 3.8) is 0 Å². The van der Waals surface area contributed by atoms with E-state index in [4.69, 9.17) is 9.84 Å². The molecule has 1 heterocycles. The lowest BCUT2D eigenvalue weighted by molar-refractivity contribution is 0.0347. The first kappa shape index (κ1) is 7.14. The summed E-state index contributed by atoms with van der Waals surface area (Å²) in [6.07, 6.45) is -0.736. The number of nitrogens with one attached hydrogen (secondary N) is 1. The quantitative estimate of drug-likeness (QED) is 0.502. The molecule has 0 aromatic rings. The average Bonchev–Trinajstić information content (AvgIpc) is 2.30. The molecule has 0 amide bonds. The van der Waals surface area contributed by atoms with Crippen LogP contribution in [0, 0.1) is 0 Å². The minimum absolute atomic E-state index is 0.426. The third kappa shape index (κ3) is 0.995. The van der Waals surface area contributed by atoms with E-state index in [2.05, 4.69) is 10.5 Å². The van der Waals surface area contributed by atoms with Crippen molar-refractivity contribution >= 4 is 6.02 Å². The second kappa shape index (κ2) is 2.74. The van der Waals surface area contributed by atoms with Crippen LogP contribution in [-0.2, 0) is 4.74 Å². The fraction of sp³-hybridized carbons (Fsp3) is 0.800. The van der Waals surface area contributed by atoms with Gasteiger partial charge >= 0.3 is 6.02 Å². The molecule has 1 aliphatic rings. The number of nitrogens with zero attached hydrogens (tertiary/aromatic N) is 2. The molecule has 2 N–H and O–H groups in total. The van der Waals surface area contributed by atoms with Gasteiger partial charge < -0.3 is 9.84 Å². The lowest BCUT2D eigenvalue weighted by atomic mass is 10.6. The molecule has 1 unspecified atom stereocenters. The van der Waals surface area contributed by atoms with E-state index in [9.17, 15) is 0 Å². The van der Waals surface area contributed by atoms with Gasteiger partial charge in [-0.2, -0.15) is 0 Å². The number of hydrogen-bond donors (Lipinski definition) is 2. The second-order valence-electron chi connectivity index (χ2n) is 1.89. The van der Waals surface area contributed by atoms with E-state index in [0.717, 1.165) is 0 Å². The highest BCUT2D eigenvalue weighted by Gasteiger charge is 2.24. The number of aliphatic hydroxyl groups excluding tert-OH is 1. The van der Waals surface area contributed by atoms with Crippen LogP contribution in [0.4, 0.5) is 0 Å². The molecule has 0 radical (unpaired) electrons. The molecular weight excluding hydrogens is 134 g/mol. The molecule has 0 saturated carbocycles. The van der Waals surface area contributed by atoms with Gasteiger partial charge in [-0.15, -0.1) is 5.10 Å². The van der Waals surface area contributed by atoms with E-state index in [-0.39, 0.29) is 0 Å². The summed E-state index contributed by atoms with van der Waals surface area (Å²) in [4.78, 5) is 1.60. The number of amidine groups is 1. The number of aliphatic hydroxyl groups is 1. The zero-order valence-electron chi connectivity index (χ0n) is 6.03. The summed E-state index contributed by atoms with van der Waals surface area (Å²) >= 11 is 0. The van der Waals surface area contributed by atoms with E-state index in [1.165, 1.54) is 7.11 Å². The van der Waals surface area contributed by atoms with Crippen LogP contribution in [0.15, 0.2) is 5.10 Å². The van der Waals surface area contributed by atoms with Crippen LogP contribution in [0.25, 0.3) is 0 Å². The van der Waals surface area contributed by atoms with Crippen LogP contribution in [-0.4, -0.2) is 36.0 Å². The Balaban J connectivity index is 2.57. The Kier molecular flexibility index (Phi) is 1.96. The maximum Gasteiger partial charge on any atom is 0.312 e. The summed E-state index contributed by atoms with van der Waals surface area (Å²) in [5.74, 6) is 0. The highest BCUT2D eigenvalue weighted by atomic mass is 16.5. The van der Waals surface area contributed by atoms with Gasteiger partial charge in [-0.05, 0) is 6.92 Å². The van der Waals surface area contributed by atoms with Crippen molar-refractivity contribution in [3.05, 3.63) is 0 Å². The first-order valence-corrected chi connectivity index (χ1v) is 3.11. The fourth-order valence-corrected chi connectivity index (χ4v) is 0.823. The van der Waals surface area contributed by atoms with Crippen molar-refractivity contribution in [2.24, 2.45) is 5.10 Å². The SMILES string of the molecule is CCN1C(OC)=NNC1O. The van der Waals surface area contributed by atoms with Gasteiger partial charge in [0.1, 0.15) is 0 Å². The largest absolute Gasteiger partial charge is 0.467 e. The maximum absolute atomic E-state index is 9.11. The first-order valence-electron chi connectivity index (χ1n) is 3.11. The van der Waals surface area contributed by atoms with Gasteiger partial charge in [-0.1, -0.05) is 0 Å². The summed E-state index contributed by atoms with van der Waals surface area (Å²) in [6, 6.07) is 0.426. The Morgan fingerprint density at radius 3 is 3.00 bits per heavy atom. The van der Waals surface area contributed by atoms with Crippen molar-refractivity contribution in [1.29, 1.82) is 0 Å². The molecule has 58 valence electrons. The molecule has 5 nitrogen and oxygen atoms in total. The summed E-state index contributed by atoms with van der Waals surface area (Å²) in [6.45, 7) is 2.58. The molecule has 5 heteroatoms. The lowest BCUT2D eigenvalue weighted by Crippen LogP contribution is -2.40. The van der Waals surface area contributed by atoms with E-state index < -0.39 is 6.35 Å². The number of hydrazone groups is 1. The molecule has 0 bridgehead atoms. The Bertz CT molecular complexity index is 148. The van der Waals surface area contributed by atoms with Crippen molar-refractivity contribution in [2.45, 2.75) is 13.3 Å². The van der Waals surface area contributed by atoms with E-state index in [1.54, 1.807) is 4.90 Å². The minimum Gasteiger partial charge on any atom is -0.467 e. The smallest absolute Gasteiger partial charge is 0.312 e. The molecule has 0 aliphatic carbocycles. The van der Waals surface area contributed by atoms with E-state index >= 15 is 0 Å². The molecule has 1 aliphatic heterocycles. The summed E-state index contributed by atoms with van der Waals surface area (Å²) in [5, 5.41) is 12.8. The standard InChI is InChI=1S/C5H11N3O2/c1-3-8-4(9)6-7-5(8)10-2/h4,6,9H,3H2,1-2H3. The van der Waals surface area contributed by atoms with Crippen LogP contribution < -0.4 is 5.43 Å². The summed E-state index contributed by atoms with van der Waals surface area (Å²) in [5.41, 5.74) is 2.47. The van der Waals surface area contributed by atoms with Crippen LogP contribution >= 0.6 is 0 Å². The van der Waals surface area contributed by atoms with Gasteiger partial charge in [-0.3, -0.25) is 10.3 Å². The Morgan fingerprint density at radius 2 is 2.60 bits per heavy atom. The van der Waals surface area contributed by atoms with Gasteiger partial charge in [0.2, 0.25) is 6.35 Å². The van der Waals surface area contributed by atoms with Crippen LogP contribution in [0.2, 0.25) is 0 Å².